The van der Waals surface area contributed by atoms with Crippen LogP contribution in [-0.2, 0) is 11.2 Å². The van der Waals surface area contributed by atoms with E-state index in [1.54, 1.807) is 24.3 Å². The molecule has 1 aliphatic rings. The molecule has 1 saturated heterocycles. The second kappa shape index (κ2) is 6.17. The van der Waals surface area contributed by atoms with E-state index in [9.17, 15) is 25.5 Å². The Labute approximate surface area is 116 Å². The van der Waals surface area contributed by atoms with Crippen LogP contribution in [0.1, 0.15) is 5.56 Å². The average Bonchev–Trinajstić information content (AvgIpc) is 2.46. The molecule has 1 aliphatic heterocycles. The first-order chi connectivity index (χ1) is 9.50. The quantitative estimate of drug-likeness (QED) is 0.457. The van der Waals surface area contributed by atoms with Crippen molar-refractivity contribution in [3.63, 3.8) is 0 Å². The third kappa shape index (κ3) is 2.71. The lowest BCUT2D eigenvalue weighted by molar-refractivity contribution is -0.279. The average molecular weight is 284 g/mol. The van der Waals surface area contributed by atoms with Crippen molar-refractivity contribution in [3.8, 4) is 0 Å². The molecule has 1 unspecified atom stereocenters. The Hall–Kier alpha value is -1.02. The predicted molar refractivity (Wildman–Crippen MR) is 69.9 cm³/mol. The Morgan fingerprint density at radius 1 is 1.25 bits per heavy atom. The second-order valence-electron chi connectivity index (χ2n) is 5.11. The monoisotopic (exact) mass is 284 g/mol. The van der Waals surface area contributed by atoms with Crippen molar-refractivity contribution in [2.75, 3.05) is 13.2 Å². The molecule has 2 rings (SSSR count). The highest BCUT2D eigenvalue weighted by atomic mass is 16.5. The summed E-state index contributed by atoms with van der Waals surface area (Å²) in [5.74, 6) is 0. The Morgan fingerprint density at radius 3 is 2.50 bits per heavy atom. The summed E-state index contributed by atoms with van der Waals surface area (Å²) in [5, 5.41) is 49.7. The van der Waals surface area contributed by atoms with Gasteiger partial charge in [-0.3, -0.25) is 0 Å². The Kier molecular flexibility index (Phi) is 4.74. The zero-order chi connectivity index (χ0) is 14.8. The summed E-state index contributed by atoms with van der Waals surface area (Å²) in [4.78, 5) is 0. The summed E-state index contributed by atoms with van der Waals surface area (Å²) in [6.45, 7) is -0.765. The van der Waals surface area contributed by atoms with Crippen LogP contribution in [0.15, 0.2) is 30.3 Å². The molecular weight excluding hydrogens is 264 g/mol. The fraction of sp³-hybridized carbons (Fsp3) is 0.571. The van der Waals surface area contributed by atoms with Crippen molar-refractivity contribution in [3.05, 3.63) is 35.9 Å². The lowest BCUT2D eigenvalue weighted by Gasteiger charge is -2.47. The predicted octanol–water partition coefficient (Wildman–Crippen LogP) is -1.57. The highest BCUT2D eigenvalue weighted by Gasteiger charge is 2.55. The minimum atomic E-state index is -2.12. The standard InChI is InChI=1S/C14H20O6/c15-7-12-14(19,13(18)10(16)8-20-12)11(17)6-9-4-2-1-3-5-9/h1-5,10-13,15-19H,6-8H2/t10-,11?,12+,13+,14+/m0/s1. The Morgan fingerprint density at radius 2 is 1.90 bits per heavy atom. The highest BCUT2D eigenvalue weighted by Crippen LogP contribution is 2.31. The van der Waals surface area contributed by atoms with E-state index in [1.165, 1.54) is 0 Å². The zero-order valence-electron chi connectivity index (χ0n) is 11.0. The smallest absolute Gasteiger partial charge is 0.147 e. The molecule has 5 atom stereocenters. The number of aliphatic hydroxyl groups is 5. The van der Waals surface area contributed by atoms with Gasteiger partial charge in [-0.05, 0) is 5.56 Å². The Bertz CT molecular complexity index is 421. The summed E-state index contributed by atoms with van der Waals surface area (Å²) < 4.78 is 5.11. The van der Waals surface area contributed by atoms with Gasteiger partial charge in [0.2, 0.25) is 0 Å². The van der Waals surface area contributed by atoms with Crippen molar-refractivity contribution < 1.29 is 30.3 Å². The van der Waals surface area contributed by atoms with Gasteiger partial charge >= 0.3 is 0 Å². The van der Waals surface area contributed by atoms with Crippen LogP contribution in [-0.4, -0.2) is 68.8 Å². The number of rotatable bonds is 4. The molecule has 0 aromatic heterocycles. The molecule has 0 amide bonds. The molecule has 0 saturated carbocycles. The summed E-state index contributed by atoms with van der Waals surface area (Å²) in [5.41, 5.74) is -1.36. The number of hydrogen-bond acceptors (Lipinski definition) is 6. The lowest BCUT2D eigenvalue weighted by atomic mass is 9.78. The van der Waals surface area contributed by atoms with Gasteiger partial charge in [0, 0.05) is 6.42 Å². The minimum absolute atomic E-state index is 0.0704. The lowest BCUT2D eigenvalue weighted by Crippen LogP contribution is -2.69. The normalized spacial score (nSPS) is 35.8. The topological polar surface area (TPSA) is 110 Å². The molecule has 1 aromatic rings. The first-order valence-electron chi connectivity index (χ1n) is 6.53. The largest absolute Gasteiger partial charge is 0.394 e. The van der Waals surface area contributed by atoms with Gasteiger partial charge in [0.05, 0.1) is 19.3 Å². The molecular formula is C14H20O6. The third-order valence-corrected chi connectivity index (χ3v) is 3.79. The van der Waals surface area contributed by atoms with Gasteiger partial charge in [-0.25, -0.2) is 0 Å². The molecule has 20 heavy (non-hydrogen) atoms. The van der Waals surface area contributed by atoms with Crippen LogP contribution < -0.4 is 0 Å². The van der Waals surface area contributed by atoms with Crippen LogP contribution in [0.3, 0.4) is 0 Å². The molecule has 0 spiro atoms. The second-order valence-corrected chi connectivity index (χ2v) is 5.11. The van der Waals surface area contributed by atoms with E-state index in [0.717, 1.165) is 5.56 Å². The van der Waals surface area contributed by atoms with E-state index in [-0.39, 0.29) is 13.0 Å². The first kappa shape index (κ1) is 15.4. The summed E-state index contributed by atoms with van der Waals surface area (Å²) in [6, 6.07) is 8.94. The van der Waals surface area contributed by atoms with Crippen LogP contribution in [0.2, 0.25) is 0 Å². The van der Waals surface area contributed by atoms with Crippen molar-refractivity contribution >= 4 is 0 Å². The molecule has 6 nitrogen and oxygen atoms in total. The van der Waals surface area contributed by atoms with Gasteiger partial charge in [-0.2, -0.15) is 0 Å². The van der Waals surface area contributed by atoms with Crippen LogP contribution in [0, 0.1) is 0 Å². The zero-order valence-corrected chi connectivity index (χ0v) is 11.0. The van der Waals surface area contributed by atoms with Crippen molar-refractivity contribution in [2.45, 2.75) is 36.4 Å². The van der Waals surface area contributed by atoms with Crippen LogP contribution in [0.5, 0.6) is 0 Å². The molecule has 5 N–H and O–H groups in total. The SMILES string of the molecule is OC[C@H]1OC[C@H](O)[C@@H](O)[C@@]1(O)C(O)Cc1ccccc1. The number of benzene rings is 1. The number of aliphatic hydroxyl groups excluding tert-OH is 4. The Balaban J connectivity index is 2.20. The summed E-state index contributed by atoms with van der Waals surface area (Å²) in [7, 11) is 0. The maximum Gasteiger partial charge on any atom is 0.147 e. The number of hydrogen-bond donors (Lipinski definition) is 5. The summed E-state index contributed by atoms with van der Waals surface area (Å²) >= 11 is 0. The molecule has 1 aromatic carbocycles. The molecule has 0 aliphatic carbocycles. The first-order valence-corrected chi connectivity index (χ1v) is 6.53. The molecule has 6 heteroatoms. The van der Waals surface area contributed by atoms with E-state index < -0.39 is 36.6 Å². The van der Waals surface area contributed by atoms with Crippen molar-refractivity contribution in [1.29, 1.82) is 0 Å². The van der Waals surface area contributed by atoms with Gasteiger partial charge in [0.25, 0.3) is 0 Å². The van der Waals surface area contributed by atoms with E-state index >= 15 is 0 Å². The fourth-order valence-corrected chi connectivity index (χ4v) is 2.55. The minimum Gasteiger partial charge on any atom is -0.394 e. The maximum atomic E-state index is 10.6. The molecule has 112 valence electrons. The summed E-state index contributed by atoms with van der Waals surface area (Å²) in [6.07, 6.45) is -5.37. The maximum absolute atomic E-state index is 10.6. The van der Waals surface area contributed by atoms with Crippen LogP contribution >= 0.6 is 0 Å². The van der Waals surface area contributed by atoms with E-state index in [2.05, 4.69) is 0 Å². The van der Waals surface area contributed by atoms with Crippen LogP contribution in [0.4, 0.5) is 0 Å². The molecule has 0 bridgehead atoms. The van der Waals surface area contributed by atoms with Gasteiger partial charge < -0.3 is 30.3 Å². The van der Waals surface area contributed by atoms with E-state index in [1.807, 2.05) is 6.07 Å². The van der Waals surface area contributed by atoms with Gasteiger partial charge in [0.15, 0.2) is 0 Å². The highest BCUT2D eigenvalue weighted by molar-refractivity contribution is 5.18. The number of ether oxygens (including phenoxy) is 1. The van der Waals surface area contributed by atoms with Crippen molar-refractivity contribution in [1.82, 2.24) is 0 Å². The fourth-order valence-electron chi connectivity index (χ4n) is 2.55. The van der Waals surface area contributed by atoms with Gasteiger partial charge in [0.1, 0.15) is 23.9 Å². The van der Waals surface area contributed by atoms with Gasteiger partial charge in [-0.1, -0.05) is 30.3 Å². The van der Waals surface area contributed by atoms with Crippen LogP contribution in [0.25, 0.3) is 0 Å². The molecule has 0 radical (unpaired) electrons. The van der Waals surface area contributed by atoms with E-state index in [4.69, 9.17) is 4.74 Å². The molecule has 1 fully saturated rings. The van der Waals surface area contributed by atoms with Gasteiger partial charge in [-0.15, -0.1) is 0 Å². The van der Waals surface area contributed by atoms with Crippen molar-refractivity contribution in [2.24, 2.45) is 0 Å². The molecule has 1 heterocycles. The third-order valence-electron chi connectivity index (χ3n) is 3.79. The van der Waals surface area contributed by atoms with E-state index in [0.29, 0.717) is 0 Å².